The molecule has 1 fully saturated rings. The number of amides is 2. The van der Waals surface area contributed by atoms with Crippen LogP contribution in [0.25, 0.3) is 0 Å². The molecule has 1 aromatic rings. The second kappa shape index (κ2) is 7.88. The first-order valence-electron chi connectivity index (χ1n) is 8.65. The number of benzene rings is 1. The monoisotopic (exact) mass is 350 g/mol. The molecule has 1 N–H and O–H groups in total. The Hall–Kier alpha value is -1.75. The molecule has 1 heterocycles. The molecule has 1 saturated carbocycles. The molecule has 0 saturated heterocycles. The summed E-state index contributed by atoms with van der Waals surface area (Å²) in [7, 11) is 0. The summed E-state index contributed by atoms with van der Waals surface area (Å²) in [4.78, 5) is 26.1. The SMILES string of the molecule is O=C(CN1C(=O)COc2ccc(Cl)cc21)NC1CCCCCCC1. The minimum atomic E-state index is -0.224. The highest BCUT2D eigenvalue weighted by molar-refractivity contribution is 6.31. The van der Waals surface area contributed by atoms with Gasteiger partial charge in [0.2, 0.25) is 5.91 Å². The van der Waals surface area contributed by atoms with E-state index >= 15 is 0 Å². The summed E-state index contributed by atoms with van der Waals surface area (Å²) in [6, 6.07) is 5.32. The average molecular weight is 351 g/mol. The maximum Gasteiger partial charge on any atom is 0.265 e. The third-order valence-corrected chi connectivity index (χ3v) is 4.87. The maximum atomic E-state index is 12.4. The molecular formula is C18H23ClN2O3. The number of carbonyl (C=O) groups is 2. The van der Waals surface area contributed by atoms with Crippen LogP contribution >= 0.6 is 11.6 Å². The molecule has 1 aliphatic carbocycles. The number of carbonyl (C=O) groups excluding carboxylic acids is 2. The molecule has 0 unspecified atom stereocenters. The fourth-order valence-electron chi connectivity index (χ4n) is 3.37. The molecule has 0 radical (unpaired) electrons. The highest BCUT2D eigenvalue weighted by atomic mass is 35.5. The minimum Gasteiger partial charge on any atom is -0.482 e. The molecule has 1 aliphatic heterocycles. The first-order valence-corrected chi connectivity index (χ1v) is 9.03. The molecule has 0 bridgehead atoms. The van der Waals surface area contributed by atoms with E-state index in [9.17, 15) is 9.59 Å². The van der Waals surface area contributed by atoms with Gasteiger partial charge in [-0.1, -0.05) is 43.7 Å². The Balaban J connectivity index is 1.65. The van der Waals surface area contributed by atoms with Crippen LogP contribution in [0.3, 0.4) is 0 Å². The van der Waals surface area contributed by atoms with E-state index < -0.39 is 0 Å². The van der Waals surface area contributed by atoms with Crippen LogP contribution < -0.4 is 15.0 Å². The zero-order valence-electron chi connectivity index (χ0n) is 13.7. The van der Waals surface area contributed by atoms with Gasteiger partial charge in [0, 0.05) is 11.1 Å². The number of hydrogen-bond acceptors (Lipinski definition) is 3. The van der Waals surface area contributed by atoms with E-state index in [1.165, 1.54) is 24.2 Å². The van der Waals surface area contributed by atoms with Crippen LogP contribution in [0.1, 0.15) is 44.9 Å². The number of hydrogen-bond donors (Lipinski definition) is 1. The van der Waals surface area contributed by atoms with E-state index in [2.05, 4.69) is 5.32 Å². The van der Waals surface area contributed by atoms with Crippen molar-refractivity contribution in [2.75, 3.05) is 18.1 Å². The minimum absolute atomic E-state index is 0.00599. The number of nitrogens with zero attached hydrogens (tertiary/aromatic N) is 1. The van der Waals surface area contributed by atoms with Crippen LogP contribution in [0.2, 0.25) is 5.02 Å². The number of halogens is 1. The van der Waals surface area contributed by atoms with E-state index in [-0.39, 0.29) is 31.0 Å². The largest absolute Gasteiger partial charge is 0.482 e. The summed E-state index contributed by atoms with van der Waals surface area (Å²) in [5.74, 6) is 0.233. The van der Waals surface area contributed by atoms with Gasteiger partial charge in [-0.15, -0.1) is 0 Å². The lowest BCUT2D eigenvalue weighted by Gasteiger charge is -2.30. The van der Waals surface area contributed by atoms with Crippen molar-refractivity contribution in [1.82, 2.24) is 5.32 Å². The highest BCUT2D eigenvalue weighted by Crippen LogP contribution is 2.34. The highest BCUT2D eigenvalue weighted by Gasteiger charge is 2.28. The fraction of sp³-hybridized carbons (Fsp3) is 0.556. The van der Waals surface area contributed by atoms with Crippen molar-refractivity contribution in [3.8, 4) is 5.75 Å². The first kappa shape index (κ1) is 17.1. The topological polar surface area (TPSA) is 58.6 Å². The molecule has 1 aromatic carbocycles. The van der Waals surface area contributed by atoms with Gasteiger partial charge in [0.1, 0.15) is 12.3 Å². The Morgan fingerprint density at radius 2 is 1.92 bits per heavy atom. The van der Waals surface area contributed by atoms with Gasteiger partial charge in [-0.2, -0.15) is 0 Å². The van der Waals surface area contributed by atoms with Crippen LogP contribution in [-0.2, 0) is 9.59 Å². The van der Waals surface area contributed by atoms with E-state index in [0.29, 0.717) is 16.5 Å². The first-order chi connectivity index (χ1) is 11.6. The molecule has 2 amide bonds. The Labute approximate surface area is 147 Å². The molecule has 130 valence electrons. The smallest absolute Gasteiger partial charge is 0.265 e. The van der Waals surface area contributed by atoms with Gasteiger partial charge < -0.3 is 10.1 Å². The number of anilines is 1. The van der Waals surface area contributed by atoms with Crippen molar-refractivity contribution in [1.29, 1.82) is 0 Å². The van der Waals surface area contributed by atoms with Gasteiger partial charge in [-0.25, -0.2) is 0 Å². The predicted molar refractivity (Wildman–Crippen MR) is 93.5 cm³/mol. The Morgan fingerprint density at radius 1 is 1.21 bits per heavy atom. The Kier molecular flexibility index (Phi) is 5.61. The maximum absolute atomic E-state index is 12.4. The van der Waals surface area contributed by atoms with Gasteiger partial charge in [0.15, 0.2) is 6.61 Å². The van der Waals surface area contributed by atoms with Gasteiger partial charge in [-0.05, 0) is 31.0 Å². The van der Waals surface area contributed by atoms with Crippen molar-refractivity contribution < 1.29 is 14.3 Å². The average Bonchev–Trinajstić information content (AvgIpc) is 2.53. The van der Waals surface area contributed by atoms with Crippen LogP contribution in [-0.4, -0.2) is 31.0 Å². The van der Waals surface area contributed by atoms with Crippen molar-refractivity contribution in [2.45, 2.75) is 51.0 Å². The summed E-state index contributed by atoms with van der Waals surface area (Å²) in [6.07, 6.45) is 8.11. The second-order valence-corrected chi connectivity index (χ2v) is 6.93. The number of fused-ring (bicyclic) bond motifs is 1. The zero-order chi connectivity index (χ0) is 16.9. The van der Waals surface area contributed by atoms with Gasteiger partial charge >= 0.3 is 0 Å². The summed E-state index contributed by atoms with van der Waals surface area (Å²) >= 11 is 6.02. The van der Waals surface area contributed by atoms with E-state index in [0.717, 1.165) is 25.7 Å². The van der Waals surface area contributed by atoms with Gasteiger partial charge in [0.05, 0.1) is 5.69 Å². The van der Waals surface area contributed by atoms with Crippen molar-refractivity contribution in [2.24, 2.45) is 0 Å². The number of nitrogens with one attached hydrogen (secondary N) is 1. The summed E-state index contributed by atoms with van der Waals surface area (Å²) in [5, 5.41) is 3.60. The molecular weight excluding hydrogens is 328 g/mol. The molecule has 2 aliphatic rings. The fourth-order valence-corrected chi connectivity index (χ4v) is 3.53. The molecule has 5 nitrogen and oxygen atoms in total. The summed E-state index contributed by atoms with van der Waals surface area (Å²) in [6.45, 7) is -0.0443. The van der Waals surface area contributed by atoms with Crippen molar-refractivity contribution in [3.05, 3.63) is 23.2 Å². The predicted octanol–water partition coefficient (Wildman–Crippen LogP) is 3.29. The van der Waals surface area contributed by atoms with Crippen LogP contribution in [0.4, 0.5) is 5.69 Å². The summed E-state index contributed by atoms with van der Waals surface area (Å²) < 4.78 is 5.40. The van der Waals surface area contributed by atoms with Crippen molar-refractivity contribution >= 4 is 29.1 Å². The van der Waals surface area contributed by atoms with Crippen LogP contribution in [0, 0.1) is 0 Å². The normalized spacial score (nSPS) is 19.0. The molecule has 6 heteroatoms. The van der Waals surface area contributed by atoms with Crippen LogP contribution in [0.15, 0.2) is 18.2 Å². The Morgan fingerprint density at radius 3 is 2.67 bits per heavy atom. The number of ether oxygens (including phenoxy) is 1. The second-order valence-electron chi connectivity index (χ2n) is 6.49. The quantitative estimate of drug-likeness (QED) is 0.910. The van der Waals surface area contributed by atoms with Gasteiger partial charge in [-0.3, -0.25) is 14.5 Å². The van der Waals surface area contributed by atoms with Gasteiger partial charge in [0.25, 0.3) is 5.91 Å². The zero-order valence-corrected chi connectivity index (χ0v) is 14.5. The molecule has 0 spiro atoms. The van der Waals surface area contributed by atoms with E-state index in [1.54, 1.807) is 18.2 Å². The van der Waals surface area contributed by atoms with Crippen molar-refractivity contribution in [3.63, 3.8) is 0 Å². The van der Waals surface area contributed by atoms with Crippen LogP contribution in [0.5, 0.6) is 5.75 Å². The lowest BCUT2D eigenvalue weighted by Crippen LogP contribution is -2.47. The lowest BCUT2D eigenvalue weighted by molar-refractivity contribution is -0.125. The molecule has 24 heavy (non-hydrogen) atoms. The third kappa shape index (κ3) is 4.20. The Bertz CT molecular complexity index is 612. The molecule has 0 atom stereocenters. The molecule has 3 rings (SSSR count). The lowest BCUT2D eigenvalue weighted by atomic mass is 9.97. The van der Waals surface area contributed by atoms with E-state index in [1.807, 2.05) is 0 Å². The number of rotatable bonds is 3. The third-order valence-electron chi connectivity index (χ3n) is 4.64. The van der Waals surface area contributed by atoms with E-state index in [4.69, 9.17) is 16.3 Å². The summed E-state index contributed by atoms with van der Waals surface area (Å²) in [5.41, 5.74) is 0.562. The standard InChI is InChI=1S/C18H23ClN2O3/c19-13-8-9-16-15(10-13)21(18(23)12-24-16)11-17(22)20-14-6-4-2-1-3-5-7-14/h8-10,14H,1-7,11-12H2,(H,20,22). The molecule has 0 aromatic heterocycles.